The molecular formula is C20H27N5O5. The van der Waals surface area contributed by atoms with Crippen LogP contribution in [0.1, 0.15) is 30.5 Å². The Morgan fingerprint density at radius 1 is 1.07 bits per heavy atom. The highest BCUT2D eigenvalue weighted by molar-refractivity contribution is 5.90. The van der Waals surface area contributed by atoms with E-state index in [1.54, 1.807) is 0 Å². The Bertz CT molecular complexity index is 797. The minimum Gasteiger partial charge on any atom is -0.445 e. The lowest BCUT2D eigenvalue weighted by Crippen LogP contribution is -2.40. The van der Waals surface area contributed by atoms with Crippen molar-refractivity contribution >= 4 is 18.0 Å². The number of carbonyl (C=O) groups excluding carboxylic acids is 3. The van der Waals surface area contributed by atoms with Crippen LogP contribution in [0.2, 0.25) is 0 Å². The van der Waals surface area contributed by atoms with Crippen LogP contribution in [0, 0.1) is 0 Å². The Labute approximate surface area is 174 Å². The zero-order valence-electron chi connectivity index (χ0n) is 16.6. The van der Waals surface area contributed by atoms with Crippen LogP contribution in [0.4, 0.5) is 4.79 Å². The van der Waals surface area contributed by atoms with E-state index in [-0.39, 0.29) is 13.0 Å². The predicted molar refractivity (Wildman–Crippen MR) is 108 cm³/mol. The third-order valence-electron chi connectivity index (χ3n) is 4.23. The third kappa shape index (κ3) is 8.41. The molecule has 2 rings (SSSR count). The molecule has 2 atom stereocenters. The van der Waals surface area contributed by atoms with Crippen LogP contribution in [-0.4, -0.2) is 46.6 Å². The molecule has 1 aromatic heterocycles. The standard InChI is InChI=1S/C20H27N5O5/c21-16(18(26)30-19(27)17(22)10-15-11-23-13-25-15)8-4-5-9-24-20(28)29-12-14-6-2-1-3-7-14/h1-3,6-7,11,13,16-17H,4-5,8-10,12,21-22H2,(H,23,25)(H,24,28)/t16-,17-/m0/s1. The molecule has 0 bridgehead atoms. The summed E-state index contributed by atoms with van der Waals surface area (Å²) in [6.45, 7) is 0.573. The Balaban J connectivity index is 1.55. The summed E-state index contributed by atoms with van der Waals surface area (Å²) in [5, 5.41) is 2.63. The van der Waals surface area contributed by atoms with Crippen molar-refractivity contribution in [1.29, 1.82) is 0 Å². The first-order valence-electron chi connectivity index (χ1n) is 9.64. The number of alkyl carbamates (subject to hydrolysis) is 1. The average Bonchev–Trinajstić information content (AvgIpc) is 3.25. The minimum atomic E-state index is -0.993. The summed E-state index contributed by atoms with van der Waals surface area (Å²) in [5.74, 6) is -1.66. The molecule has 0 spiro atoms. The van der Waals surface area contributed by atoms with Crippen molar-refractivity contribution in [3.63, 3.8) is 0 Å². The average molecular weight is 417 g/mol. The normalized spacial score (nSPS) is 12.6. The number of esters is 2. The van der Waals surface area contributed by atoms with Crippen LogP contribution >= 0.6 is 0 Å². The first kappa shape index (κ1) is 23.0. The molecule has 0 saturated heterocycles. The van der Waals surface area contributed by atoms with Gasteiger partial charge in [0.05, 0.1) is 6.33 Å². The molecule has 162 valence electrons. The van der Waals surface area contributed by atoms with E-state index in [0.717, 1.165) is 5.56 Å². The highest BCUT2D eigenvalue weighted by Crippen LogP contribution is 2.04. The van der Waals surface area contributed by atoms with E-state index >= 15 is 0 Å². The number of nitrogens with two attached hydrogens (primary N) is 2. The summed E-state index contributed by atoms with van der Waals surface area (Å²) in [5.41, 5.74) is 13.0. The number of hydrogen-bond acceptors (Lipinski definition) is 8. The van der Waals surface area contributed by atoms with E-state index in [0.29, 0.717) is 31.5 Å². The molecule has 6 N–H and O–H groups in total. The van der Waals surface area contributed by atoms with E-state index in [9.17, 15) is 14.4 Å². The summed E-state index contributed by atoms with van der Waals surface area (Å²) >= 11 is 0. The predicted octanol–water partition coefficient (Wildman–Crippen LogP) is 0.773. The number of hydrogen-bond donors (Lipinski definition) is 4. The van der Waals surface area contributed by atoms with Gasteiger partial charge in [-0.25, -0.2) is 19.4 Å². The summed E-state index contributed by atoms with van der Waals surface area (Å²) in [7, 11) is 0. The van der Waals surface area contributed by atoms with E-state index in [1.165, 1.54) is 12.5 Å². The smallest absolute Gasteiger partial charge is 0.407 e. The molecule has 0 aliphatic heterocycles. The Hall–Kier alpha value is -3.24. The van der Waals surface area contributed by atoms with E-state index in [1.807, 2.05) is 30.3 Å². The van der Waals surface area contributed by atoms with Crippen molar-refractivity contribution in [2.24, 2.45) is 11.5 Å². The van der Waals surface area contributed by atoms with Gasteiger partial charge in [0.25, 0.3) is 0 Å². The Morgan fingerprint density at radius 2 is 1.80 bits per heavy atom. The number of amides is 1. The lowest BCUT2D eigenvalue weighted by atomic mass is 10.1. The fraction of sp³-hybridized carbons (Fsp3) is 0.400. The topological polar surface area (TPSA) is 162 Å². The molecule has 0 unspecified atom stereocenters. The number of ether oxygens (including phenoxy) is 2. The second-order valence-corrected chi connectivity index (χ2v) is 6.72. The van der Waals surface area contributed by atoms with Crippen molar-refractivity contribution in [3.8, 4) is 0 Å². The van der Waals surface area contributed by atoms with Crippen LogP contribution < -0.4 is 16.8 Å². The fourth-order valence-electron chi connectivity index (χ4n) is 2.54. The molecule has 0 saturated carbocycles. The lowest BCUT2D eigenvalue weighted by molar-refractivity contribution is -0.161. The first-order chi connectivity index (χ1) is 14.5. The number of nitrogens with one attached hydrogen (secondary N) is 2. The summed E-state index contributed by atoms with van der Waals surface area (Å²) in [6, 6.07) is 7.41. The Morgan fingerprint density at radius 3 is 2.50 bits per heavy atom. The molecule has 0 fully saturated rings. The molecule has 10 heteroatoms. The van der Waals surface area contributed by atoms with Gasteiger partial charge in [-0.05, 0) is 24.8 Å². The number of unbranched alkanes of at least 4 members (excludes halogenated alkanes) is 1. The van der Waals surface area contributed by atoms with Gasteiger partial charge in [0.1, 0.15) is 18.7 Å². The largest absolute Gasteiger partial charge is 0.445 e. The van der Waals surface area contributed by atoms with E-state index < -0.39 is 30.1 Å². The highest BCUT2D eigenvalue weighted by Gasteiger charge is 2.23. The molecule has 1 aromatic carbocycles. The first-order valence-corrected chi connectivity index (χ1v) is 9.64. The quantitative estimate of drug-likeness (QED) is 0.237. The second kappa shape index (κ2) is 12.3. The number of carbonyl (C=O) groups is 3. The van der Waals surface area contributed by atoms with Crippen molar-refractivity contribution < 1.29 is 23.9 Å². The summed E-state index contributed by atoms with van der Waals surface area (Å²) in [4.78, 5) is 42.1. The van der Waals surface area contributed by atoms with Crippen molar-refractivity contribution in [2.75, 3.05) is 6.54 Å². The molecule has 2 aromatic rings. The molecule has 30 heavy (non-hydrogen) atoms. The SMILES string of the molecule is N[C@@H](CCCCNC(=O)OCc1ccccc1)C(=O)OC(=O)[C@@H](N)Cc1cnc[nH]1. The number of nitrogens with zero attached hydrogens (tertiary/aromatic N) is 1. The maximum absolute atomic E-state index is 11.9. The zero-order valence-corrected chi connectivity index (χ0v) is 16.6. The van der Waals surface area contributed by atoms with Gasteiger partial charge in [-0.2, -0.15) is 0 Å². The molecule has 0 aliphatic rings. The maximum atomic E-state index is 11.9. The maximum Gasteiger partial charge on any atom is 0.407 e. The van der Waals surface area contributed by atoms with Crippen molar-refractivity contribution in [3.05, 3.63) is 54.1 Å². The monoisotopic (exact) mass is 417 g/mol. The van der Waals surface area contributed by atoms with Gasteiger partial charge in [-0.3, -0.25) is 0 Å². The molecule has 10 nitrogen and oxygen atoms in total. The van der Waals surface area contributed by atoms with Crippen molar-refractivity contribution in [2.45, 2.75) is 44.4 Å². The number of benzene rings is 1. The second-order valence-electron chi connectivity index (χ2n) is 6.72. The molecule has 1 heterocycles. The van der Waals surface area contributed by atoms with Crippen LogP contribution in [0.5, 0.6) is 0 Å². The fourth-order valence-corrected chi connectivity index (χ4v) is 2.54. The van der Waals surface area contributed by atoms with Crippen molar-refractivity contribution in [1.82, 2.24) is 15.3 Å². The van der Waals surface area contributed by atoms with E-state index in [2.05, 4.69) is 15.3 Å². The van der Waals surface area contributed by atoms with Gasteiger partial charge in [-0.1, -0.05) is 30.3 Å². The van der Waals surface area contributed by atoms with Crippen LogP contribution in [0.25, 0.3) is 0 Å². The molecule has 1 amide bonds. The number of H-pyrrole nitrogens is 1. The zero-order chi connectivity index (χ0) is 21.8. The summed E-state index contributed by atoms with van der Waals surface area (Å²) < 4.78 is 9.83. The number of aromatic nitrogens is 2. The van der Waals surface area contributed by atoms with Gasteiger partial charge in [0.2, 0.25) is 0 Å². The highest BCUT2D eigenvalue weighted by atomic mass is 16.6. The number of rotatable bonds is 11. The van der Waals surface area contributed by atoms with Crippen LogP contribution in [0.3, 0.4) is 0 Å². The lowest BCUT2D eigenvalue weighted by Gasteiger charge is -2.13. The van der Waals surface area contributed by atoms with Gasteiger partial charge in [-0.15, -0.1) is 0 Å². The van der Waals surface area contributed by atoms with Crippen LogP contribution in [0.15, 0.2) is 42.9 Å². The van der Waals surface area contributed by atoms with E-state index in [4.69, 9.17) is 20.9 Å². The van der Waals surface area contributed by atoms with Gasteiger partial charge >= 0.3 is 18.0 Å². The van der Waals surface area contributed by atoms with Crippen LogP contribution in [-0.2, 0) is 32.1 Å². The molecule has 0 aliphatic carbocycles. The Kier molecular flexibility index (Phi) is 9.49. The van der Waals surface area contributed by atoms with Gasteiger partial charge in [0.15, 0.2) is 0 Å². The minimum absolute atomic E-state index is 0.174. The number of imidazole rings is 1. The summed E-state index contributed by atoms with van der Waals surface area (Å²) in [6.07, 6.45) is 4.12. The molecular weight excluding hydrogens is 390 g/mol. The third-order valence-corrected chi connectivity index (χ3v) is 4.23. The number of aromatic amines is 1. The molecule has 0 radical (unpaired) electrons. The van der Waals surface area contributed by atoms with Gasteiger partial charge in [0, 0.05) is 24.9 Å². The van der Waals surface area contributed by atoms with Gasteiger partial charge < -0.3 is 31.2 Å².